The van der Waals surface area contributed by atoms with Gasteiger partial charge < -0.3 is 21.1 Å². The quantitative estimate of drug-likeness (QED) is 0.396. The van der Waals surface area contributed by atoms with Gasteiger partial charge in [-0.3, -0.25) is 9.68 Å². The average molecular weight is 345 g/mol. The van der Waals surface area contributed by atoms with E-state index in [1.807, 2.05) is 13.8 Å². The summed E-state index contributed by atoms with van der Waals surface area (Å²) in [4.78, 5) is 33.8. The van der Waals surface area contributed by atoms with E-state index in [0.717, 1.165) is 0 Å². The molecule has 0 bridgehead atoms. The lowest BCUT2D eigenvalue weighted by atomic mass is 10.0. The topological polar surface area (TPSA) is 109 Å². The third-order valence-electron chi connectivity index (χ3n) is 3.53. The maximum Gasteiger partial charge on any atom is 0.439 e. The van der Waals surface area contributed by atoms with Crippen molar-refractivity contribution in [1.29, 1.82) is 0 Å². The Morgan fingerprint density at radius 3 is 2.46 bits per heavy atom. The van der Waals surface area contributed by atoms with E-state index >= 15 is 0 Å². The molecule has 3 atom stereocenters. The van der Waals surface area contributed by atoms with Gasteiger partial charge in [0.1, 0.15) is 11.6 Å². The first-order valence-electron chi connectivity index (χ1n) is 8.41. The van der Waals surface area contributed by atoms with E-state index in [4.69, 9.17) is 4.89 Å². The molecule has 2 amide bonds. The number of rotatable bonds is 7. The van der Waals surface area contributed by atoms with Crippen LogP contribution in [0.1, 0.15) is 41.0 Å². The lowest BCUT2D eigenvalue weighted by molar-refractivity contribution is -0.300. The Labute approximate surface area is 143 Å². The first kappa shape index (κ1) is 20.7. The van der Waals surface area contributed by atoms with Crippen LogP contribution in [0.25, 0.3) is 0 Å². The van der Waals surface area contributed by atoms with Crippen molar-refractivity contribution in [2.24, 2.45) is 11.8 Å². The predicted molar refractivity (Wildman–Crippen MR) is 89.1 cm³/mol. The maximum absolute atomic E-state index is 12.4. The van der Waals surface area contributed by atoms with Crippen LogP contribution in [0.15, 0.2) is 0 Å². The van der Waals surface area contributed by atoms with Crippen LogP contribution in [0.3, 0.4) is 0 Å². The number of nitrogens with one attached hydrogen (secondary N) is 3. The first-order valence-corrected chi connectivity index (χ1v) is 8.41. The van der Waals surface area contributed by atoms with Crippen molar-refractivity contribution in [3.8, 4) is 0 Å². The van der Waals surface area contributed by atoms with Crippen LogP contribution in [0.2, 0.25) is 0 Å². The Hall–Kier alpha value is -1.38. The molecule has 0 aromatic rings. The summed E-state index contributed by atoms with van der Waals surface area (Å²) in [5.74, 6) is -0.108. The minimum absolute atomic E-state index is 0.0233. The third kappa shape index (κ3) is 7.94. The molecule has 0 aromatic carbocycles. The minimum atomic E-state index is -0.798. The van der Waals surface area contributed by atoms with E-state index in [1.54, 1.807) is 20.8 Å². The SMILES string of the molecule is CC(C)C[C@H](NC(=O)OOC(C)(C)C)C(=O)NCC1CNCC1O. The number of hydrogen-bond acceptors (Lipinski definition) is 6. The van der Waals surface area contributed by atoms with Crippen molar-refractivity contribution in [3.05, 3.63) is 0 Å². The van der Waals surface area contributed by atoms with E-state index < -0.39 is 23.8 Å². The summed E-state index contributed by atoms with van der Waals surface area (Å²) >= 11 is 0. The number of hydrogen-bond donors (Lipinski definition) is 4. The fourth-order valence-corrected chi connectivity index (χ4v) is 2.31. The molecule has 1 saturated heterocycles. The molecule has 1 aliphatic rings. The van der Waals surface area contributed by atoms with Crippen LogP contribution in [0.5, 0.6) is 0 Å². The summed E-state index contributed by atoms with van der Waals surface area (Å²) in [5, 5.41) is 18.1. The van der Waals surface area contributed by atoms with E-state index in [9.17, 15) is 14.7 Å². The van der Waals surface area contributed by atoms with Crippen LogP contribution < -0.4 is 16.0 Å². The molecule has 1 heterocycles. The molecule has 2 unspecified atom stereocenters. The zero-order valence-corrected chi connectivity index (χ0v) is 15.2. The van der Waals surface area contributed by atoms with Crippen molar-refractivity contribution in [3.63, 3.8) is 0 Å². The smallest absolute Gasteiger partial charge is 0.391 e. The normalized spacial score (nSPS) is 22.3. The van der Waals surface area contributed by atoms with Gasteiger partial charge in [-0.2, -0.15) is 4.89 Å². The second-order valence-corrected chi connectivity index (χ2v) is 7.62. The number of carbonyl (C=O) groups is 2. The van der Waals surface area contributed by atoms with Gasteiger partial charge in [-0.1, -0.05) is 13.8 Å². The average Bonchev–Trinajstić information content (AvgIpc) is 2.86. The van der Waals surface area contributed by atoms with Crippen LogP contribution in [-0.2, 0) is 14.6 Å². The van der Waals surface area contributed by atoms with E-state index in [2.05, 4.69) is 20.8 Å². The summed E-state index contributed by atoms with van der Waals surface area (Å²) in [7, 11) is 0. The van der Waals surface area contributed by atoms with Gasteiger partial charge in [-0.05, 0) is 33.1 Å². The van der Waals surface area contributed by atoms with E-state index in [-0.39, 0.29) is 17.7 Å². The Balaban J connectivity index is 2.50. The van der Waals surface area contributed by atoms with Gasteiger partial charge in [0.25, 0.3) is 0 Å². The summed E-state index contributed by atoms with van der Waals surface area (Å²) in [5.41, 5.74) is -0.626. The van der Waals surface area contributed by atoms with Crippen LogP contribution in [-0.4, -0.2) is 54.5 Å². The van der Waals surface area contributed by atoms with Crippen molar-refractivity contribution in [2.45, 2.75) is 58.8 Å². The first-order chi connectivity index (χ1) is 11.1. The lowest BCUT2D eigenvalue weighted by Crippen LogP contribution is -2.49. The monoisotopic (exact) mass is 345 g/mol. The van der Waals surface area contributed by atoms with Crippen LogP contribution in [0.4, 0.5) is 4.79 Å². The van der Waals surface area contributed by atoms with Crippen molar-refractivity contribution < 1.29 is 24.5 Å². The molecule has 0 saturated carbocycles. The highest BCUT2D eigenvalue weighted by molar-refractivity contribution is 5.85. The molecular weight excluding hydrogens is 314 g/mol. The van der Waals surface area contributed by atoms with E-state index in [0.29, 0.717) is 26.1 Å². The molecule has 1 fully saturated rings. The van der Waals surface area contributed by atoms with E-state index in [1.165, 1.54) is 0 Å². The van der Waals surface area contributed by atoms with Gasteiger partial charge in [-0.15, -0.1) is 0 Å². The van der Waals surface area contributed by atoms with Gasteiger partial charge in [0.2, 0.25) is 5.91 Å². The molecule has 0 aromatic heterocycles. The largest absolute Gasteiger partial charge is 0.439 e. The van der Waals surface area contributed by atoms with Crippen molar-refractivity contribution in [2.75, 3.05) is 19.6 Å². The molecule has 0 aliphatic carbocycles. The molecule has 8 heteroatoms. The molecule has 1 rings (SSSR count). The van der Waals surface area contributed by atoms with Crippen molar-refractivity contribution >= 4 is 12.0 Å². The molecule has 0 spiro atoms. The minimum Gasteiger partial charge on any atom is -0.391 e. The Bertz CT molecular complexity index is 422. The maximum atomic E-state index is 12.4. The summed E-state index contributed by atoms with van der Waals surface area (Å²) < 4.78 is 0. The molecule has 4 N–H and O–H groups in total. The van der Waals surface area contributed by atoms with Crippen LogP contribution >= 0.6 is 0 Å². The fourth-order valence-electron chi connectivity index (χ4n) is 2.31. The van der Waals surface area contributed by atoms with Gasteiger partial charge >= 0.3 is 6.09 Å². The van der Waals surface area contributed by atoms with Gasteiger partial charge in [0.05, 0.1) is 6.10 Å². The Kier molecular flexibility index (Phi) is 7.92. The number of amides is 2. The zero-order valence-electron chi connectivity index (χ0n) is 15.2. The number of carbonyl (C=O) groups excluding carboxylic acids is 2. The summed E-state index contributed by atoms with van der Waals surface area (Å²) in [6, 6.07) is -0.715. The zero-order chi connectivity index (χ0) is 18.3. The van der Waals surface area contributed by atoms with Crippen LogP contribution in [0, 0.1) is 11.8 Å². The van der Waals surface area contributed by atoms with Gasteiger partial charge in [0.15, 0.2) is 0 Å². The Morgan fingerprint density at radius 1 is 1.29 bits per heavy atom. The Morgan fingerprint density at radius 2 is 1.96 bits per heavy atom. The second kappa shape index (κ2) is 9.19. The highest BCUT2D eigenvalue weighted by atomic mass is 17.2. The third-order valence-corrected chi connectivity index (χ3v) is 3.53. The predicted octanol–water partition coefficient (Wildman–Crippen LogP) is 0.554. The second-order valence-electron chi connectivity index (χ2n) is 7.62. The van der Waals surface area contributed by atoms with Crippen molar-refractivity contribution in [1.82, 2.24) is 16.0 Å². The highest BCUT2D eigenvalue weighted by Gasteiger charge is 2.28. The molecule has 140 valence electrons. The number of β-amino-alcohol motifs (C(OH)–C–C–N with tert-alkyl or cyclic N) is 1. The molecule has 24 heavy (non-hydrogen) atoms. The highest BCUT2D eigenvalue weighted by Crippen LogP contribution is 2.10. The molecule has 1 aliphatic heterocycles. The summed E-state index contributed by atoms with van der Waals surface area (Å²) in [6.45, 7) is 10.7. The number of aliphatic hydroxyl groups is 1. The summed E-state index contributed by atoms with van der Waals surface area (Å²) in [6.07, 6.45) is -0.790. The standard InChI is InChI=1S/C16H31N3O5/c1-10(2)6-12(19-15(22)23-24-16(3,4)5)14(21)18-8-11-7-17-9-13(11)20/h10-13,17,20H,6-9H2,1-5H3,(H,18,21)(H,19,22)/t11?,12-,13?/m0/s1. The fraction of sp³-hybridized carbons (Fsp3) is 0.875. The molecule has 0 radical (unpaired) electrons. The molecule has 8 nitrogen and oxygen atoms in total. The lowest BCUT2D eigenvalue weighted by Gasteiger charge is -2.22. The number of aliphatic hydroxyl groups excluding tert-OH is 1. The van der Waals surface area contributed by atoms with Gasteiger partial charge in [-0.25, -0.2) is 4.79 Å². The molecular formula is C16H31N3O5. The van der Waals surface area contributed by atoms with Gasteiger partial charge in [0, 0.05) is 25.6 Å².